The average molecular weight is 365 g/mol. The zero-order valence-electron chi connectivity index (χ0n) is 11.5. The van der Waals surface area contributed by atoms with Gasteiger partial charge in [0.2, 0.25) is 10.4 Å². The first kappa shape index (κ1) is 20.0. The van der Waals surface area contributed by atoms with Gasteiger partial charge in [0.1, 0.15) is 35.9 Å². The largest absolute Gasteiger partial charge is 0.726 e. The van der Waals surface area contributed by atoms with Crippen LogP contribution in [0.15, 0.2) is 0 Å². The highest BCUT2D eigenvalue weighted by molar-refractivity contribution is 7.97. The summed E-state index contributed by atoms with van der Waals surface area (Å²) in [6.07, 6.45) is -7.16. The van der Waals surface area contributed by atoms with E-state index in [1.54, 1.807) is 0 Å². The zero-order chi connectivity index (χ0) is 17.1. The highest BCUT2D eigenvalue weighted by atomic mass is 32.3. The van der Waals surface area contributed by atoms with Gasteiger partial charge in [0.15, 0.2) is 18.0 Å². The van der Waals surface area contributed by atoms with E-state index in [2.05, 4.69) is 4.18 Å². The van der Waals surface area contributed by atoms with Gasteiger partial charge >= 0.3 is 0 Å². The second-order valence-corrected chi connectivity index (χ2v) is 8.31. The summed E-state index contributed by atoms with van der Waals surface area (Å²) in [5.41, 5.74) is 0. The number of rotatable bonds is 7. The van der Waals surface area contributed by atoms with E-state index >= 15 is 0 Å². The minimum absolute atomic E-state index is 0.0185. The van der Waals surface area contributed by atoms with E-state index in [9.17, 15) is 38.5 Å². The van der Waals surface area contributed by atoms with Crippen LogP contribution in [0.3, 0.4) is 0 Å². The molecule has 1 fully saturated rings. The van der Waals surface area contributed by atoms with Crippen LogP contribution in [0.2, 0.25) is 0 Å². The Bertz CT molecular complexity index is 443. The molecule has 0 spiro atoms. The Balaban J connectivity index is 2.77. The van der Waals surface area contributed by atoms with E-state index in [-0.39, 0.29) is 11.5 Å². The SMILES string of the molecule is O=S(=O)([O-])O[C@@H](C[OH2+])[C@@H](O)C[S+]1C[C@H](O)[C@@H](O)[C@H](O)[C@H]1CO. The van der Waals surface area contributed by atoms with Crippen molar-refractivity contribution in [2.45, 2.75) is 35.8 Å². The molecule has 1 unspecified atom stereocenters. The standard InChI is InChI=1S/C10H20O10S2/c11-1-7(20-22(17,18)19)5(13)3-21-4-6(14)9(15)10(16)8(21)2-12/h5-16H,1-4H2/p+1/t5-,6-,7-,8+,9+,10+,21?/m0/s1. The zero-order valence-corrected chi connectivity index (χ0v) is 13.1. The fraction of sp³-hybridized carbons (Fsp3) is 1.00. The Morgan fingerprint density at radius 1 is 1.32 bits per heavy atom. The van der Waals surface area contributed by atoms with E-state index in [4.69, 9.17) is 5.11 Å². The molecule has 0 radical (unpaired) electrons. The summed E-state index contributed by atoms with van der Waals surface area (Å²) >= 11 is 0. The maximum atomic E-state index is 10.5. The lowest BCUT2D eigenvalue weighted by Crippen LogP contribution is -2.59. The van der Waals surface area contributed by atoms with Gasteiger partial charge in [-0.3, -0.25) is 4.18 Å². The molecule has 1 aliphatic heterocycles. The quantitative estimate of drug-likeness (QED) is 0.167. The Hall–Kier alpha value is -0.0200. The number of hydrogen-bond donors (Lipinski definition) is 5. The molecule has 0 bridgehead atoms. The van der Waals surface area contributed by atoms with Crippen LogP contribution in [-0.4, -0.2) is 104 Å². The van der Waals surface area contributed by atoms with E-state index in [1.165, 1.54) is 0 Å². The van der Waals surface area contributed by atoms with Crippen LogP contribution in [0.5, 0.6) is 0 Å². The van der Waals surface area contributed by atoms with Gasteiger partial charge in [0, 0.05) is 10.9 Å². The summed E-state index contributed by atoms with van der Waals surface area (Å²) in [6, 6.07) is 0. The van der Waals surface area contributed by atoms with Crippen LogP contribution >= 0.6 is 0 Å². The van der Waals surface area contributed by atoms with Gasteiger partial charge in [-0.05, 0) is 0 Å². The maximum Gasteiger partial charge on any atom is 0.218 e. The summed E-state index contributed by atoms with van der Waals surface area (Å²) < 4.78 is 35.7. The molecule has 0 aromatic rings. The van der Waals surface area contributed by atoms with Crippen LogP contribution < -0.4 is 0 Å². The van der Waals surface area contributed by atoms with Gasteiger partial charge in [0.25, 0.3) is 0 Å². The molecule has 1 saturated heterocycles. The van der Waals surface area contributed by atoms with Crippen molar-refractivity contribution < 1.29 is 47.8 Å². The minimum atomic E-state index is -5.09. The Morgan fingerprint density at radius 2 is 1.91 bits per heavy atom. The molecule has 10 nitrogen and oxygen atoms in total. The average Bonchev–Trinajstić information content (AvgIpc) is 2.41. The molecule has 132 valence electrons. The van der Waals surface area contributed by atoms with Crippen LogP contribution in [0.25, 0.3) is 0 Å². The molecule has 0 amide bonds. The van der Waals surface area contributed by atoms with Crippen molar-refractivity contribution in [3.63, 3.8) is 0 Å². The normalized spacial score (nSPS) is 36.0. The smallest absolute Gasteiger partial charge is 0.218 e. The van der Waals surface area contributed by atoms with Crippen LogP contribution in [-0.2, 0) is 25.5 Å². The minimum Gasteiger partial charge on any atom is -0.726 e. The van der Waals surface area contributed by atoms with E-state index in [0.717, 1.165) is 0 Å². The molecule has 0 saturated carbocycles. The predicted octanol–water partition coefficient (Wildman–Crippen LogP) is -5.01. The monoisotopic (exact) mass is 365 g/mol. The van der Waals surface area contributed by atoms with Crippen molar-refractivity contribution in [2.75, 3.05) is 24.7 Å². The summed E-state index contributed by atoms with van der Waals surface area (Å²) in [4.78, 5) is 0. The third-order valence-corrected chi connectivity index (χ3v) is 6.68. The first-order valence-corrected chi connectivity index (χ1v) is 9.34. The van der Waals surface area contributed by atoms with Crippen molar-refractivity contribution in [2.24, 2.45) is 0 Å². The van der Waals surface area contributed by atoms with E-state index < -0.39 is 70.3 Å². The van der Waals surface area contributed by atoms with Crippen LogP contribution in [0.1, 0.15) is 0 Å². The van der Waals surface area contributed by atoms with Gasteiger partial charge in [-0.15, -0.1) is 0 Å². The van der Waals surface area contributed by atoms with Gasteiger partial charge in [-0.1, -0.05) is 0 Å². The lowest BCUT2D eigenvalue weighted by molar-refractivity contribution is -0.0611. The molecule has 1 aliphatic rings. The number of aliphatic hydroxyl groups is 5. The Labute approximate surface area is 130 Å². The molecule has 0 aliphatic carbocycles. The second kappa shape index (κ2) is 8.19. The molecule has 1 rings (SSSR count). The summed E-state index contributed by atoms with van der Waals surface area (Å²) in [7, 11) is -6.05. The number of hydrogen-bond acceptors (Lipinski definition) is 9. The molecular formula is C10H21O10S2+. The van der Waals surface area contributed by atoms with Crippen molar-refractivity contribution in [3.8, 4) is 0 Å². The topological polar surface area (TPSA) is 190 Å². The summed E-state index contributed by atoms with van der Waals surface area (Å²) in [6.45, 7) is -1.19. The summed E-state index contributed by atoms with van der Waals surface area (Å²) in [5, 5.41) is 54.5. The molecule has 7 atom stereocenters. The third kappa shape index (κ3) is 5.26. The summed E-state index contributed by atoms with van der Waals surface area (Å²) in [5.74, 6) is -0.208. The van der Waals surface area contributed by atoms with Gasteiger partial charge in [-0.25, -0.2) is 8.42 Å². The molecule has 22 heavy (non-hydrogen) atoms. The lowest BCUT2D eigenvalue weighted by atomic mass is 10.1. The molecular weight excluding hydrogens is 344 g/mol. The third-order valence-electron chi connectivity index (χ3n) is 3.37. The van der Waals surface area contributed by atoms with Gasteiger partial charge in [-0.2, -0.15) is 0 Å². The lowest BCUT2D eigenvalue weighted by Gasteiger charge is -2.35. The molecule has 7 N–H and O–H groups in total. The maximum absolute atomic E-state index is 10.5. The van der Waals surface area contributed by atoms with Crippen LogP contribution in [0, 0.1) is 0 Å². The highest BCUT2D eigenvalue weighted by Crippen LogP contribution is 2.25. The first-order chi connectivity index (χ1) is 10.1. The molecule has 12 heteroatoms. The van der Waals surface area contributed by atoms with Crippen molar-refractivity contribution in [1.82, 2.24) is 0 Å². The van der Waals surface area contributed by atoms with Crippen molar-refractivity contribution >= 4 is 21.3 Å². The van der Waals surface area contributed by atoms with Gasteiger partial charge in [0.05, 0.1) is 6.61 Å². The Morgan fingerprint density at radius 3 is 2.36 bits per heavy atom. The van der Waals surface area contributed by atoms with E-state index in [0.29, 0.717) is 0 Å². The Kier molecular flexibility index (Phi) is 7.45. The highest BCUT2D eigenvalue weighted by Gasteiger charge is 2.50. The first-order valence-electron chi connectivity index (χ1n) is 6.38. The van der Waals surface area contributed by atoms with Gasteiger partial charge < -0.3 is 35.2 Å². The van der Waals surface area contributed by atoms with Crippen molar-refractivity contribution in [1.29, 1.82) is 0 Å². The fourth-order valence-corrected chi connectivity index (χ4v) is 5.39. The fourth-order valence-electron chi connectivity index (χ4n) is 2.20. The predicted molar refractivity (Wildman–Crippen MR) is 75.1 cm³/mol. The molecule has 0 aromatic heterocycles. The molecule has 0 aromatic carbocycles. The van der Waals surface area contributed by atoms with Crippen molar-refractivity contribution in [3.05, 3.63) is 0 Å². The van der Waals surface area contributed by atoms with E-state index in [1.807, 2.05) is 0 Å². The molecule has 1 heterocycles. The second-order valence-electron chi connectivity index (χ2n) is 4.95. The van der Waals surface area contributed by atoms with Crippen LogP contribution in [0.4, 0.5) is 0 Å². The number of aliphatic hydroxyl groups excluding tert-OH is 5.